The molecule has 4 rings (SSSR count). The van der Waals surface area contributed by atoms with E-state index in [1.807, 2.05) is 13.8 Å². The van der Waals surface area contributed by atoms with Crippen LogP contribution in [0.25, 0.3) is 0 Å². The van der Waals surface area contributed by atoms with Crippen molar-refractivity contribution < 1.29 is 13.6 Å². The van der Waals surface area contributed by atoms with Crippen molar-refractivity contribution in [1.29, 1.82) is 0 Å². The molecular weight excluding hydrogens is 495 g/mol. The number of fused-ring (bicyclic) bond motifs is 5. The van der Waals surface area contributed by atoms with Crippen molar-refractivity contribution in [3.05, 3.63) is 35.5 Å². The van der Waals surface area contributed by atoms with Gasteiger partial charge in [0.1, 0.15) is 0 Å². The monoisotopic (exact) mass is 548 g/mol. The largest absolute Gasteiger partial charge is 0.327 e. The normalized spacial score (nSPS) is 37.5. The van der Waals surface area contributed by atoms with Crippen LogP contribution in [-0.4, -0.2) is 19.3 Å². The van der Waals surface area contributed by atoms with Crippen LogP contribution in [0, 0.1) is 46.3 Å². The lowest BCUT2D eigenvalue weighted by Crippen LogP contribution is -2.46. The Morgan fingerprint density at radius 2 is 1.65 bits per heavy atom. The molecule has 0 heterocycles. The van der Waals surface area contributed by atoms with Crippen molar-refractivity contribution in [1.82, 2.24) is 0 Å². The zero-order valence-electron chi connectivity index (χ0n) is 24.8. The van der Waals surface area contributed by atoms with E-state index < -0.39 is 6.72 Å². The highest BCUT2D eigenvalue weighted by atomic mass is 32.5. The fourth-order valence-corrected chi connectivity index (χ4v) is 10.6. The molecule has 37 heavy (non-hydrogen) atoms. The molecule has 0 bridgehead atoms. The SMILES string of the molecule is CCOP(=S)(OCC)OC1CCC2(C)C(=CC=C3C2CCC2(C)C3CCC2C(C)C=CC(C)C(C)C)C1. The second kappa shape index (κ2) is 11.7. The summed E-state index contributed by atoms with van der Waals surface area (Å²) in [7, 11) is 0. The van der Waals surface area contributed by atoms with Crippen molar-refractivity contribution in [3.8, 4) is 0 Å². The fourth-order valence-electron chi connectivity index (χ4n) is 8.27. The maximum Gasteiger partial charge on any atom is 0.327 e. The minimum atomic E-state index is -2.66. The lowest BCUT2D eigenvalue weighted by molar-refractivity contribution is 0.0364. The number of hydrogen-bond acceptors (Lipinski definition) is 4. The predicted octanol–water partition coefficient (Wildman–Crippen LogP) is 9.65. The Labute approximate surface area is 233 Å². The molecule has 5 heteroatoms. The van der Waals surface area contributed by atoms with E-state index in [2.05, 4.69) is 65.8 Å². The number of allylic oxidation sites excluding steroid dienone is 5. The van der Waals surface area contributed by atoms with Crippen molar-refractivity contribution in [2.75, 3.05) is 13.2 Å². The summed E-state index contributed by atoms with van der Waals surface area (Å²) in [6.45, 7) is 17.0. The molecule has 3 saturated carbocycles. The Morgan fingerprint density at radius 1 is 0.946 bits per heavy atom. The first-order valence-corrected chi connectivity index (χ1v) is 17.7. The van der Waals surface area contributed by atoms with Crippen LogP contribution in [0.5, 0.6) is 0 Å². The Balaban J connectivity index is 1.51. The molecule has 0 aromatic heterocycles. The van der Waals surface area contributed by atoms with E-state index in [0.717, 1.165) is 31.1 Å². The second-order valence-corrected chi connectivity index (χ2v) is 16.2. The lowest BCUT2D eigenvalue weighted by Gasteiger charge is -2.55. The lowest BCUT2D eigenvalue weighted by atomic mass is 9.50. The first kappa shape index (κ1) is 29.7. The van der Waals surface area contributed by atoms with Crippen molar-refractivity contribution in [3.63, 3.8) is 0 Å². The molecule has 3 nitrogen and oxygen atoms in total. The van der Waals surface area contributed by atoms with Crippen LogP contribution in [-0.2, 0) is 25.4 Å². The average Bonchev–Trinajstić information content (AvgIpc) is 3.20. The Hall–Kier alpha value is -0.250. The molecule has 8 unspecified atom stereocenters. The first-order chi connectivity index (χ1) is 17.5. The summed E-state index contributed by atoms with van der Waals surface area (Å²) in [4.78, 5) is 0. The molecule has 3 fully saturated rings. The molecular formula is C32H53O3PS. The quantitative estimate of drug-likeness (QED) is 0.201. The predicted molar refractivity (Wildman–Crippen MR) is 160 cm³/mol. The highest BCUT2D eigenvalue weighted by Gasteiger charge is 2.57. The van der Waals surface area contributed by atoms with Gasteiger partial charge in [-0.05, 0) is 117 Å². The smallest absolute Gasteiger partial charge is 0.309 e. The zero-order chi connectivity index (χ0) is 27.0. The molecule has 0 spiro atoms. The highest BCUT2D eigenvalue weighted by molar-refractivity contribution is 8.07. The van der Waals surface area contributed by atoms with Gasteiger partial charge in [0.2, 0.25) is 0 Å². The van der Waals surface area contributed by atoms with Gasteiger partial charge in [-0.3, -0.25) is 0 Å². The van der Waals surface area contributed by atoms with Crippen molar-refractivity contribution in [2.24, 2.45) is 46.3 Å². The van der Waals surface area contributed by atoms with Crippen LogP contribution in [0.1, 0.15) is 100 Å². The third kappa shape index (κ3) is 5.81. The molecule has 8 atom stereocenters. The van der Waals surface area contributed by atoms with E-state index in [-0.39, 0.29) is 11.5 Å². The Bertz CT molecular complexity index is 944. The van der Waals surface area contributed by atoms with Crippen LogP contribution in [0.15, 0.2) is 35.5 Å². The molecule has 0 saturated heterocycles. The standard InChI is InChI=1S/C32H53O3PS/c1-9-33-36(37,34-10-2)35-26-17-19-31(7)25(21-26)13-14-27-29-16-15-28(32(29,8)20-18-30(27)31)24(6)12-11-23(5)22(3)4/h11-14,22-24,26,28-30H,9-10,15-21H2,1-8H3. The molecule has 0 radical (unpaired) electrons. The number of hydrogen-bond donors (Lipinski definition) is 0. The summed E-state index contributed by atoms with van der Waals surface area (Å²) >= 11 is 5.70. The molecule has 0 aromatic carbocycles. The van der Waals surface area contributed by atoms with E-state index >= 15 is 0 Å². The third-order valence-corrected chi connectivity index (χ3v) is 13.5. The summed E-state index contributed by atoms with van der Waals surface area (Å²) in [5, 5.41) is 0. The van der Waals surface area contributed by atoms with Crippen LogP contribution in [0.2, 0.25) is 0 Å². The summed E-state index contributed by atoms with van der Waals surface area (Å²) in [5.74, 6) is 4.23. The summed E-state index contributed by atoms with van der Waals surface area (Å²) in [6, 6.07) is 0. The summed E-state index contributed by atoms with van der Waals surface area (Å²) in [6.07, 6.45) is 18.7. The maximum absolute atomic E-state index is 6.38. The average molecular weight is 549 g/mol. The summed E-state index contributed by atoms with van der Waals surface area (Å²) < 4.78 is 18.0. The topological polar surface area (TPSA) is 27.7 Å². The molecule has 4 aliphatic carbocycles. The van der Waals surface area contributed by atoms with E-state index in [4.69, 9.17) is 25.4 Å². The van der Waals surface area contributed by atoms with Gasteiger partial charge in [-0.2, -0.15) is 0 Å². The molecule has 0 amide bonds. The molecule has 0 N–H and O–H groups in total. The Kier molecular flexibility index (Phi) is 9.40. The van der Waals surface area contributed by atoms with E-state index in [1.54, 1.807) is 11.1 Å². The summed E-state index contributed by atoms with van der Waals surface area (Å²) in [5.41, 5.74) is 4.00. The fraction of sp³-hybridized carbons (Fsp3) is 0.812. The van der Waals surface area contributed by atoms with E-state index in [0.29, 0.717) is 42.3 Å². The minimum Gasteiger partial charge on any atom is -0.309 e. The van der Waals surface area contributed by atoms with Gasteiger partial charge in [-0.15, -0.1) is 0 Å². The first-order valence-electron chi connectivity index (χ1n) is 15.1. The van der Waals surface area contributed by atoms with E-state index in [9.17, 15) is 0 Å². The van der Waals surface area contributed by atoms with E-state index in [1.165, 1.54) is 25.7 Å². The van der Waals surface area contributed by atoms with Crippen LogP contribution in [0.3, 0.4) is 0 Å². The van der Waals surface area contributed by atoms with Crippen LogP contribution >= 0.6 is 6.72 Å². The maximum atomic E-state index is 6.38. The van der Waals surface area contributed by atoms with Crippen LogP contribution < -0.4 is 0 Å². The highest BCUT2D eigenvalue weighted by Crippen LogP contribution is 2.66. The van der Waals surface area contributed by atoms with Crippen molar-refractivity contribution in [2.45, 2.75) is 106 Å². The molecule has 0 aliphatic heterocycles. The van der Waals surface area contributed by atoms with Gasteiger partial charge in [0.15, 0.2) is 0 Å². The molecule has 4 aliphatic rings. The number of rotatable bonds is 10. The van der Waals surface area contributed by atoms with Gasteiger partial charge < -0.3 is 13.6 Å². The third-order valence-electron chi connectivity index (χ3n) is 10.9. The van der Waals surface area contributed by atoms with Gasteiger partial charge in [0, 0.05) is 0 Å². The van der Waals surface area contributed by atoms with Crippen LogP contribution in [0.4, 0.5) is 0 Å². The van der Waals surface area contributed by atoms with Crippen molar-refractivity contribution >= 4 is 18.5 Å². The van der Waals surface area contributed by atoms with Gasteiger partial charge in [0.25, 0.3) is 0 Å². The molecule has 0 aromatic rings. The second-order valence-electron chi connectivity index (χ2n) is 13.2. The van der Waals surface area contributed by atoms with Gasteiger partial charge in [-0.1, -0.05) is 77.0 Å². The molecule has 210 valence electrons. The minimum absolute atomic E-state index is 0.101. The van der Waals surface area contributed by atoms with Gasteiger partial charge >= 0.3 is 6.72 Å². The van der Waals surface area contributed by atoms with Gasteiger partial charge in [-0.25, -0.2) is 0 Å². The zero-order valence-corrected chi connectivity index (χ0v) is 26.5. The Morgan fingerprint density at radius 3 is 2.30 bits per heavy atom. The van der Waals surface area contributed by atoms with Gasteiger partial charge in [0.05, 0.1) is 19.3 Å².